The van der Waals surface area contributed by atoms with Crippen LogP contribution < -0.4 is 15.4 Å². The van der Waals surface area contributed by atoms with Gasteiger partial charge in [-0.25, -0.2) is 4.39 Å². The second-order valence-electron chi connectivity index (χ2n) is 7.59. The van der Waals surface area contributed by atoms with Gasteiger partial charge in [-0.3, -0.25) is 4.79 Å². The molecule has 0 heterocycles. The lowest BCUT2D eigenvalue weighted by atomic mass is 9.96. The maximum absolute atomic E-state index is 13.6. The highest BCUT2D eigenvalue weighted by molar-refractivity contribution is 5.94. The zero-order valence-electron chi connectivity index (χ0n) is 17.0. The Bertz CT molecular complexity index is 825. The monoisotopic (exact) mass is 400 g/mol. The maximum atomic E-state index is 13.6. The highest BCUT2D eigenvalue weighted by Crippen LogP contribution is 2.35. The van der Waals surface area contributed by atoms with Crippen molar-refractivity contribution in [1.82, 2.24) is 10.6 Å². The lowest BCUT2D eigenvalue weighted by Gasteiger charge is -2.21. The van der Waals surface area contributed by atoms with E-state index in [1.165, 1.54) is 18.7 Å². The van der Waals surface area contributed by atoms with Crippen LogP contribution in [0.25, 0.3) is 0 Å². The third kappa shape index (κ3) is 5.34. The Hall–Kier alpha value is -2.44. The Kier molecular flexibility index (Phi) is 7.23. The lowest BCUT2D eigenvalue weighted by Crippen LogP contribution is -2.29. The first-order valence-electron chi connectivity index (χ1n) is 10.1. The zero-order chi connectivity index (χ0) is 20.8. The second kappa shape index (κ2) is 9.85. The molecule has 5 nitrogen and oxygen atoms in total. The summed E-state index contributed by atoms with van der Waals surface area (Å²) >= 11 is 0. The van der Waals surface area contributed by atoms with E-state index in [4.69, 9.17) is 9.84 Å². The highest BCUT2D eigenvalue weighted by Gasteiger charge is 2.27. The molecule has 0 radical (unpaired) electrons. The molecule has 2 aromatic carbocycles. The highest BCUT2D eigenvalue weighted by atomic mass is 19.1. The van der Waals surface area contributed by atoms with Gasteiger partial charge in [0.1, 0.15) is 0 Å². The molecule has 0 aliphatic heterocycles. The molecule has 3 atom stereocenters. The Balaban J connectivity index is 1.56. The Morgan fingerprint density at radius 1 is 1.24 bits per heavy atom. The predicted molar refractivity (Wildman–Crippen MR) is 111 cm³/mol. The van der Waals surface area contributed by atoms with E-state index >= 15 is 0 Å². The van der Waals surface area contributed by atoms with Gasteiger partial charge in [0.05, 0.1) is 13.7 Å². The van der Waals surface area contributed by atoms with Gasteiger partial charge >= 0.3 is 0 Å². The van der Waals surface area contributed by atoms with E-state index in [1.54, 1.807) is 12.1 Å². The number of nitrogens with one attached hydrogen (secondary N) is 2. The van der Waals surface area contributed by atoms with Crippen LogP contribution in [0.4, 0.5) is 4.39 Å². The summed E-state index contributed by atoms with van der Waals surface area (Å²) in [6.07, 6.45) is 3.19. The molecular weight excluding hydrogens is 371 g/mol. The fourth-order valence-electron chi connectivity index (χ4n) is 4.01. The third-order valence-electron chi connectivity index (χ3n) is 5.64. The van der Waals surface area contributed by atoms with Gasteiger partial charge in [-0.15, -0.1) is 0 Å². The standard InChI is InChI=1S/C23H29FN2O3/c1-15(18-8-10-21(24)22(14-18)29-2)26-20-9-7-19(13-20)16-3-5-17(6-4-16)23(28)25-11-12-27/h3-6,8,10,14-15,19-20,26-27H,7,9,11-13H2,1-2H3,(H,25,28)/t15-,19+,20?/m1/s1. The number of aliphatic hydroxyl groups is 1. The fraction of sp³-hybridized carbons (Fsp3) is 0.435. The van der Waals surface area contributed by atoms with Crippen molar-refractivity contribution >= 4 is 5.91 Å². The molecule has 0 bridgehead atoms. The number of ether oxygens (including phenoxy) is 1. The van der Waals surface area contributed by atoms with Crippen LogP contribution in [0.15, 0.2) is 42.5 Å². The first-order valence-corrected chi connectivity index (χ1v) is 10.1. The van der Waals surface area contributed by atoms with Crippen LogP contribution in [0.5, 0.6) is 5.75 Å². The quantitative estimate of drug-likeness (QED) is 0.634. The number of halogens is 1. The Morgan fingerprint density at radius 3 is 2.69 bits per heavy atom. The van der Waals surface area contributed by atoms with Crippen LogP contribution in [-0.4, -0.2) is 37.3 Å². The summed E-state index contributed by atoms with van der Waals surface area (Å²) < 4.78 is 18.7. The Labute approximate surface area is 171 Å². The van der Waals surface area contributed by atoms with Gasteiger partial charge in [0, 0.05) is 24.2 Å². The van der Waals surface area contributed by atoms with E-state index in [-0.39, 0.29) is 36.7 Å². The largest absolute Gasteiger partial charge is 0.494 e. The summed E-state index contributed by atoms with van der Waals surface area (Å²) in [7, 11) is 1.48. The van der Waals surface area contributed by atoms with Crippen molar-refractivity contribution in [3.8, 4) is 5.75 Å². The van der Waals surface area contributed by atoms with E-state index in [0.717, 1.165) is 24.8 Å². The normalized spacial score (nSPS) is 19.7. The lowest BCUT2D eigenvalue weighted by molar-refractivity contribution is 0.0944. The van der Waals surface area contributed by atoms with Crippen LogP contribution in [0, 0.1) is 5.82 Å². The van der Waals surface area contributed by atoms with E-state index in [9.17, 15) is 9.18 Å². The average molecular weight is 400 g/mol. The molecule has 1 unspecified atom stereocenters. The molecular formula is C23H29FN2O3. The van der Waals surface area contributed by atoms with Gasteiger partial charge in [-0.1, -0.05) is 18.2 Å². The number of carbonyl (C=O) groups excluding carboxylic acids is 1. The molecule has 29 heavy (non-hydrogen) atoms. The second-order valence-corrected chi connectivity index (χ2v) is 7.59. The summed E-state index contributed by atoms with van der Waals surface area (Å²) in [5.41, 5.74) is 2.85. The first-order chi connectivity index (χ1) is 14.0. The molecule has 6 heteroatoms. The van der Waals surface area contributed by atoms with E-state index in [1.807, 2.05) is 24.3 Å². The molecule has 1 aliphatic carbocycles. The van der Waals surface area contributed by atoms with Crippen molar-refractivity contribution in [1.29, 1.82) is 0 Å². The van der Waals surface area contributed by atoms with Gasteiger partial charge < -0.3 is 20.5 Å². The fourth-order valence-corrected chi connectivity index (χ4v) is 4.01. The summed E-state index contributed by atoms with van der Waals surface area (Å²) in [5.74, 6) is 0.207. The molecule has 0 saturated heterocycles. The number of methoxy groups -OCH3 is 1. The number of carbonyl (C=O) groups is 1. The van der Waals surface area contributed by atoms with E-state index < -0.39 is 0 Å². The van der Waals surface area contributed by atoms with Crippen LogP contribution >= 0.6 is 0 Å². The molecule has 0 aromatic heterocycles. The van der Waals surface area contributed by atoms with Gasteiger partial charge in [0.25, 0.3) is 5.91 Å². The molecule has 2 aromatic rings. The average Bonchev–Trinajstić information content (AvgIpc) is 3.20. The molecule has 156 valence electrons. The topological polar surface area (TPSA) is 70.6 Å². The van der Waals surface area contributed by atoms with Crippen molar-refractivity contribution in [2.24, 2.45) is 0 Å². The maximum Gasteiger partial charge on any atom is 0.251 e. The number of benzene rings is 2. The summed E-state index contributed by atoms with van der Waals surface area (Å²) in [6, 6.07) is 13.2. The van der Waals surface area contributed by atoms with E-state index in [0.29, 0.717) is 17.5 Å². The number of hydrogen-bond acceptors (Lipinski definition) is 4. The summed E-state index contributed by atoms with van der Waals surface area (Å²) in [6.45, 7) is 2.28. The molecule has 3 rings (SSSR count). The van der Waals surface area contributed by atoms with Crippen molar-refractivity contribution in [2.75, 3.05) is 20.3 Å². The molecule has 1 aliphatic rings. The van der Waals surface area contributed by atoms with Crippen LogP contribution in [-0.2, 0) is 0 Å². The van der Waals surface area contributed by atoms with Crippen LogP contribution in [0.1, 0.15) is 59.6 Å². The Morgan fingerprint density at radius 2 is 2.00 bits per heavy atom. The molecule has 1 fully saturated rings. The zero-order valence-corrected chi connectivity index (χ0v) is 17.0. The smallest absolute Gasteiger partial charge is 0.251 e. The number of amides is 1. The third-order valence-corrected chi connectivity index (χ3v) is 5.64. The van der Waals surface area contributed by atoms with Crippen molar-refractivity contribution in [3.63, 3.8) is 0 Å². The van der Waals surface area contributed by atoms with Gasteiger partial charge in [-0.05, 0) is 67.5 Å². The van der Waals surface area contributed by atoms with Crippen LogP contribution in [0.3, 0.4) is 0 Å². The van der Waals surface area contributed by atoms with Gasteiger partial charge in [-0.2, -0.15) is 0 Å². The molecule has 1 saturated carbocycles. The summed E-state index contributed by atoms with van der Waals surface area (Å²) in [5, 5.41) is 15.1. The molecule has 1 amide bonds. The van der Waals surface area contributed by atoms with Crippen LogP contribution in [0.2, 0.25) is 0 Å². The first kappa shape index (κ1) is 21.3. The number of hydrogen-bond donors (Lipinski definition) is 3. The predicted octanol–water partition coefficient (Wildman–Crippen LogP) is 3.54. The van der Waals surface area contributed by atoms with Crippen molar-refractivity contribution in [2.45, 2.75) is 44.2 Å². The minimum atomic E-state index is -0.349. The molecule has 0 spiro atoms. The number of rotatable bonds is 8. The minimum absolute atomic E-state index is 0.0661. The summed E-state index contributed by atoms with van der Waals surface area (Å²) in [4.78, 5) is 11.9. The van der Waals surface area contributed by atoms with E-state index in [2.05, 4.69) is 17.6 Å². The van der Waals surface area contributed by atoms with Crippen molar-refractivity contribution in [3.05, 3.63) is 65.0 Å². The minimum Gasteiger partial charge on any atom is -0.494 e. The number of aliphatic hydroxyl groups excluding tert-OH is 1. The SMILES string of the molecule is COc1cc([C@@H](C)NC2CC[C@H](c3ccc(C(=O)NCCO)cc3)C2)ccc1F. The van der Waals surface area contributed by atoms with Gasteiger partial charge in [0.2, 0.25) is 0 Å². The van der Waals surface area contributed by atoms with Crippen molar-refractivity contribution < 1.29 is 19.0 Å². The molecule has 3 N–H and O–H groups in total. The van der Waals surface area contributed by atoms with Gasteiger partial charge in [0.15, 0.2) is 11.6 Å².